The van der Waals surface area contributed by atoms with E-state index in [1.807, 2.05) is 0 Å². The Bertz CT molecular complexity index is 729. The molecule has 21 heavy (non-hydrogen) atoms. The minimum atomic E-state index is -3.71. The Hall–Kier alpha value is -1.92. The summed E-state index contributed by atoms with van der Waals surface area (Å²) in [6, 6.07) is 10.8. The van der Waals surface area contributed by atoms with Crippen LogP contribution in [0.2, 0.25) is 5.02 Å². The van der Waals surface area contributed by atoms with E-state index in [9.17, 15) is 8.42 Å². The molecular weight excluding hydrogens is 314 g/mol. The van der Waals surface area contributed by atoms with Crippen molar-refractivity contribution in [2.45, 2.75) is 4.90 Å². The highest BCUT2D eigenvalue weighted by Crippen LogP contribution is 2.30. The molecule has 0 saturated heterocycles. The molecule has 0 aliphatic rings. The summed E-state index contributed by atoms with van der Waals surface area (Å²) in [6.07, 6.45) is 0. The van der Waals surface area contributed by atoms with Crippen LogP contribution in [-0.2, 0) is 10.0 Å². The highest BCUT2D eigenvalue weighted by Gasteiger charge is 2.17. The number of ether oxygens (including phenoxy) is 2. The third kappa shape index (κ3) is 3.59. The van der Waals surface area contributed by atoms with Crippen molar-refractivity contribution in [3.05, 3.63) is 47.5 Å². The molecule has 0 radical (unpaired) electrons. The predicted octanol–water partition coefficient (Wildman–Crippen LogP) is 3.16. The van der Waals surface area contributed by atoms with Gasteiger partial charge in [0.15, 0.2) is 11.5 Å². The number of hydrogen-bond acceptors (Lipinski definition) is 4. The lowest BCUT2D eigenvalue weighted by atomic mass is 10.3. The lowest BCUT2D eigenvalue weighted by Crippen LogP contribution is -2.13. The van der Waals surface area contributed by atoms with E-state index >= 15 is 0 Å². The number of rotatable bonds is 5. The van der Waals surface area contributed by atoms with Gasteiger partial charge in [-0.25, -0.2) is 8.42 Å². The molecule has 0 heterocycles. The molecule has 0 fully saturated rings. The van der Waals surface area contributed by atoms with Crippen molar-refractivity contribution in [2.75, 3.05) is 18.9 Å². The fourth-order valence-corrected chi connectivity index (χ4v) is 2.92. The van der Waals surface area contributed by atoms with Crippen LogP contribution < -0.4 is 14.2 Å². The molecule has 0 unspecified atom stereocenters. The average molecular weight is 328 g/mol. The Kier molecular flexibility index (Phi) is 4.59. The van der Waals surface area contributed by atoms with Gasteiger partial charge in [0.2, 0.25) is 0 Å². The van der Waals surface area contributed by atoms with Crippen molar-refractivity contribution in [2.24, 2.45) is 0 Å². The maximum Gasteiger partial charge on any atom is 0.262 e. The molecule has 0 spiro atoms. The second-order valence-electron chi connectivity index (χ2n) is 4.13. The van der Waals surface area contributed by atoms with Gasteiger partial charge in [0, 0.05) is 16.8 Å². The Balaban J connectivity index is 2.33. The fraction of sp³-hybridized carbons (Fsp3) is 0.143. The van der Waals surface area contributed by atoms with E-state index < -0.39 is 10.0 Å². The molecule has 0 saturated carbocycles. The summed E-state index contributed by atoms with van der Waals surface area (Å²) in [5, 5.41) is 0.532. The fourth-order valence-electron chi connectivity index (χ4n) is 1.72. The maximum atomic E-state index is 12.3. The van der Waals surface area contributed by atoms with E-state index in [4.69, 9.17) is 21.1 Å². The summed E-state index contributed by atoms with van der Waals surface area (Å²) in [5.41, 5.74) is 0.425. The molecule has 1 N–H and O–H groups in total. The monoisotopic (exact) mass is 327 g/mol. The summed E-state index contributed by atoms with van der Waals surface area (Å²) in [5.74, 6) is 0.805. The molecule has 2 aromatic rings. The van der Waals surface area contributed by atoms with Gasteiger partial charge in [0.05, 0.1) is 19.1 Å². The van der Waals surface area contributed by atoms with Gasteiger partial charge < -0.3 is 9.47 Å². The highest BCUT2D eigenvalue weighted by molar-refractivity contribution is 7.92. The molecule has 7 heteroatoms. The molecule has 0 aliphatic heterocycles. The topological polar surface area (TPSA) is 64.6 Å². The number of anilines is 1. The smallest absolute Gasteiger partial charge is 0.262 e. The average Bonchev–Trinajstić information content (AvgIpc) is 2.48. The van der Waals surface area contributed by atoms with Gasteiger partial charge in [-0.1, -0.05) is 11.6 Å². The third-order valence-corrected chi connectivity index (χ3v) is 4.39. The van der Waals surface area contributed by atoms with Gasteiger partial charge in [0.25, 0.3) is 10.0 Å². The third-order valence-electron chi connectivity index (χ3n) is 2.76. The first-order chi connectivity index (χ1) is 9.96. The molecule has 0 bridgehead atoms. The molecular formula is C14H14ClNO4S. The number of methoxy groups -OCH3 is 2. The summed E-state index contributed by atoms with van der Waals surface area (Å²) in [7, 11) is -0.783. The summed E-state index contributed by atoms with van der Waals surface area (Å²) in [4.78, 5) is 0.0788. The molecule has 5 nitrogen and oxygen atoms in total. The molecule has 2 rings (SSSR count). The van der Waals surface area contributed by atoms with Gasteiger partial charge in [-0.15, -0.1) is 0 Å². The first-order valence-corrected chi connectivity index (χ1v) is 7.83. The number of sulfonamides is 1. The second kappa shape index (κ2) is 6.24. The zero-order chi connectivity index (χ0) is 15.5. The van der Waals surface area contributed by atoms with E-state index in [0.29, 0.717) is 22.2 Å². The quantitative estimate of drug-likeness (QED) is 0.916. The summed E-state index contributed by atoms with van der Waals surface area (Å²) >= 11 is 5.77. The van der Waals surface area contributed by atoms with E-state index in [0.717, 1.165) is 0 Å². The van der Waals surface area contributed by atoms with E-state index in [2.05, 4.69) is 4.72 Å². The predicted molar refractivity (Wildman–Crippen MR) is 81.8 cm³/mol. The summed E-state index contributed by atoms with van der Waals surface area (Å²) < 4.78 is 37.3. The van der Waals surface area contributed by atoms with Crippen molar-refractivity contribution >= 4 is 27.3 Å². The lowest BCUT2D eigenvalue weighted by Gasteiger charge is -2.11. The van der Waals surface area contributed by atoms with Crippen LogP contribution in [0.5, 0.6) is 11.5 Å². The van der Waals surface area contributed by atoms with Crippen LogP contribution >= 0.6 is 11.6 Å². The first-order valence-electron chi connectivity index (χ1n) is 5.96. The Morgan fingerprint density at radius 3 is 2.14 bits per heavy atom. The minimum absolute atomic E-state index is 0.0788. The van der Waals surface area contributed by atoms with Crippen molar-refractivity contribution in [3.8, 4) is 11.5 Å². The molecule has 0 aliphatic carbocycles. The van der Waals surface area contributed by atoms with E-state index in [1.165, 1.54) is 32.4 Å². The zero-order valence-corrected chi connectivity index (χ0v) is 13.0. The normalized spacial score (nSPS) is 11.0. The van der Waals surface area contributed by atoms with Gasteiger partial charge >= 0.3 is 0 Å². The van der Waals surface area contributed by atoms with Crippen molar-refractivity contribution in [3.63, 3.8) is 0 Å². The second-order valence-corrected chi connectivity index (χ2v) is 6.25. The van der Waals surface area contributed by atoms with Crippen LogP contribution in [0.15, 0.2) is 47.4 Å². The van der Waals surface area contributed by atoms with Crippen LogP contribution in [0.3, 0.4) is 0 Å². The van der Waals surface area contributed by atoms with E-state index in [1.54, 1.807) is 24.3 Å². The van der Waals surface area contributed by atoms with Crippen LogP contribution in [0, 0.1) is 0 Å². The number of hydrogen-bond donors (Lipinski definition) is 1. The van der Waals surface area contributed by atoms with Gasteiger partial charge in [-0.2, -0.15) is 0 Å². The van der Waals surface area contributed by atoms with Crippen LogP contribution in [0.4, 0.5) is 5.69 Å². The first kappa shape index (κ1) is 15.5. The van der Waals surface area contributed by atoms with Gasteiger partial charge in [0.1, 0.15) is 0 Å². The molecule has 0 aromatic heterocycles. The number of benzene rings is 2. The highest BCUT2D eigenvalue weighted by atomic mass is 35.5. The zero-order valence-electron chi connectivity index (χ0n) is 11.5. The molecule has 112 valence electrons. The molecule has 2 aromatic carbocycles. The largest absolute Gasteiger partial charge is 0.493 e. The molecule has 0 amide bonds. The Morgan fingerprint density at radius 2 is 1.57 bits per heavy atom. The van der Waals surface area contributed by atoms with Gasteiger partial charge in [-0.05, 0) is 36.4 Å². The minimum Gasteiger partial charge on any atom is -0.493 e. The number of nitrogens with one attached hydrogen (secondary N) is 1. The molecule has 0 atom stereocenters. The number of halogens is 1. The van der Waals surface area contributed by atoms with Crippen LogP contribution in [0.25, 0.3) is 0 Å². The van der Waals surface area contributed by atoms with E-state index in [-0.39, 0.29) is 4.90 Å². The van der Waals surface area contributed by atoms with Crippen molar-refractivity contribution in [1.82, 2.24) is 0 Å². The standard InChI is InChI=1S/C14H14ClNO4S/c1-19-13-8-7-12(9-14(13)20-2)21(17,18)16-11-5-3-10(15)4-6-11/h3-9,16H,1-2H3. The van der Waals surface area contributed by atoms with Crippen molar-refractivity contribution < 1.29 is 17.9 Å². The van der Waals surface area contributed by atoms with Gasteiger partial charge in [-0.3, -0.25) is 4.72 Å². The Labute approximate surface area is 128 Å². The van der Waals surface area contributed by atoms with Crippen LogP contribution in [0.1, 0.15) is 0 Å². The maximum absolute atomic E-state index is 12.3. The van der Waals surface area contributed by atoms with Crippen LogP contribution in [-0.4, -0.2) is 22.6 Å². The van der Waals surface area contributed by atoms with Crippen molar-refractivity contribution in [1.29, 1.82) is 0 Å². The lowest BCUT2D eigenvalue weighted by molar-refractivity contribution is 0.354. The SMILES string of the molecule is COc1ccc(S(=O)(=O)Nc2ccc(Cl)cc2)cc1OC. The summed E-state index contributed by atoms with van der Waals surface area (Å²) in [6.45, 7) is 0. The Morgan fingerprint density at radius 1 is 0.952 bits per heavy atom.